The number of fused-ring (bicyclic) bond motifs is 1. The molecule has 1 heterocycles. The third-order valence-electron chi connectivity index (χ3n) is 3.13. The molecule has 2 rings (SSSR count). The van der Waals surface area contributed by atoms with Gasteiger partial charge in [-0.25, -0.2) is 0 Å². The number of hydrogen-bond donors (Lipinski definition) is 2. The van der Waals surface area contributed by atoms with Crippen LogP contribution < -0.4 is 11.1 Å². The predicted octanol–water partition coefficient (Wildman–Crippen LogP) is 2.40. The zero-order chi connectivity index (χ0) is 13.5. The molecular weight excluding hydrogens is 238 g/mol. The molecule has 4 nitrogen and oxygen atoms in total. The summed E-state index contributed by atoms with van der Waals surface area (Å²) in [5.41, 5.74) is 7.68. The molecule has 102 valence electrons. The first-order valence-corrected chi connectivity index (χ1v) is 6.64. The fourth-order valence-electron chi connectivity index (χ4n) is 2.21. The lowest BCUT2D eigenvalue weighted by atomic mass is 10.1. The Balaban J connectivity index is 2.18. The number of ether oxygens (including phenoxy) is 1. The maximum atomic E-state index is 5.58. The Morgan fingerprint density at radius 2 is 2.21 bits per heavy atom. The van der Waals surface area contributed by atoms with E-state index in [0.29, 0.717) is 13.2 Å². The Morgan fingerprint density at radius 1 is 1.32 bits per heavy atom. The summed E-state index contributed by atoms with van der Waals surface area (Å²) in [5.74, 6) is 0. The summed E-state index contributed by atoms with van der Waals surface area (Å²) in [4.78, 5) is 4.37. The van der Waals surface area contributed by atoms with E-state index < -0.39 is 0 Å². The van der Waals surface area contributed by atoms with Crippen molar-refractivity contribution in [3.8, 4) is 0 Å². The van der Waals surface area contributed by atoms with Crippen molar-refractivity contribution >= 4 is 16.6 Å². The van der Waals surface area contributed by atoms with Crippen molar-refractivity contribution in [1.82, 2.24) is 4.98 Å². The van der Waals surface area contributed by atoms with Crippen LogP contribution in [0.2, 0.25) is 0 Å². The van der Waals surface area contributed by atoms with Gasteiger partial charge in [-0.15, -0.1) is 0 Å². The molecular formula is C15H21N3O. The van der Waals surface area contributed by atoms with Gasteiger partial charge < -0.3 is 15.8 Å². The molecule has 2 aromatic rings. The molecule has 0 aliphatic heterocycles. The molecule has 0 amide bonds. The quantitative estimate of drug-likeness (QED) is 0.801. The fraction of sp³-hybridized carbons (Fsp3) is 0.400. The van der Waals surface area contributed by atoms with E-state index in [-0.39, 0.29) is 6.04 Å². The Bertz CT molecular complexity index is 510. The van der Waals surface area contributed by atoms with Gasteiger partial charge in [-0.1, -0.05) is 6.07 Å². The fourth-order valence-corrected chi connectivity index (χ4v) is 2.21. The van der Waals surface area contributed by atoms with Crippen molar-refractivity contribution in [2.45, 2.75) is 18.9 Å². The largest absolute Gasteiger partial charge is 0.383 e. The van der Waals surface area contributed by atoms with Gasteiger partial charge in [0.1, 0.15) is 0 Å². The second-order valence-corrected chi connectivity index (χ2v) is 4.60. The summed E-state index contributed by atoms with van der Waals surface area (Å²) in [6.45, 7) is 1.38. The number of benzene rings is 1. The Morgan fingerprint density at radius 3 is 3.00 bits per heavy atom. The minimum Gasteiger partial charge on any atom is -0.383 e. The lowest BCUT2D eigenvalue weighted by molar-refractivity contribution is 0.182. The number of nitrogens with one attached hydrogen (secondary N) is 1. The van der Waals surface area contributed by atoms with E-state index in [1.807, 2.05) is 24.4 Å². The van der Waals surface area contributed by atoms with E-state index in [1.54, 1.807) is 7.11 Å². The number of methoxy groups -OCH3 is 1. The Labute approximate surface area is 114 Å². The van der Waals surface area contributed by atoms with Gasteiger partial charge in [0.15, 0.2) is 0 Å². The zero-order valence-electron chi connectivity index (χ0n) is 11.3. The first kappa shape index (κ1) is 13.8. The monoisotopic (exact) mass is 259 g/mol. The Kier molecular flexibility index (Phi) is 5.12. The SMILES string of the molecule is COCC(CCCN)Nc1cccc2ncccc12. The number of aromatic nitrogens is 1. The maximum Gasteiger partial charge on any atom is 0.0722 e. The van der Waals surface area contributed by atoms with E-state index in [2.05, 4.69) is 22.4 Å². The third-order valence-corrected chi connectivity index (χ3v) is 3.13. The second kappa shape index (κ2) is 7.07. The van der Waals surface area contributed by atoms with Crippen molar-refractivity contribution in [2.75, 3.05) is 25.6 Å². The molecule has 3 N–H and O–H groups in total. The highest BCUT2D eigenvalue weighted by molar-refractivity contribution is 5.91. The lowest BCUT2D eigenvalue weighted by Crippen LogP contribution is -2.26. The minimum absolute atomic E-state index is 0.277. The standard InChI is InChI=1S/C15H21N3O/c1-19-11-12(5-3-9-16)18-15-8-2-7-14-13(15)6-4-10-17-14/h2,4,6-8,10,12,18H,3,5,9,11,16H2,1H3. The van der Waals surface area contributed by atoms with Gasteiger partial charge in [-0.3, -0.25) is 4.98 Å². The van der Waals surface area contributed by atoms with Gasteiger partial charge in [0, 0.05) is 30.4 Å². The van der Waals surface area contributed by atoms with Crippen LogP contribution in [0.4, 0.5) is 5.69 Å². The van der Waals surface area contributed by atoms with Crippen LogP contribution >= 0.6 is 0 Å². The second-order valence-electron chi connectivity index (χ2n) is 4.60. The van der Waals surface area contributed by atoms with E-state index in [4.69, 9.17) is 10.5 Å². The smallest absolute Gasteiger partial charge is 0.0722 e. The van der Waals surface area contributed by atoms with Crippen molar-refractivity contribution in [3.63, 3.8) is 0 Å². The van der Waals surface area contributed by atoms with E-state index >= 15 is 0 Å². The molecule has 0 bridgehead atoms. The Hall–Kier alpha value is -1.65. The molecule has 1 aromatic carbocycles. The van der Waals surface area contributed by atoms with Gasteiger partial charge in [-0.05, 0) is 43.7 Å². The number of nitrogens with zero attached hydrogens (tertiary/aromatic N) is 1. The van der Waals surface area contributed by atoms with E-state index in [1.165, 1.54) is 0 Å². The first-order chi connectivity index (χ1) is 9.35. The van der Waals surface area contributed by atoms with Crippen LogP contribution in [0.25, 0.3) is 10.9 Å². The van der Waals surface area contributed by atoms with E-state index in [9.17, 15) is 0 Å². The highest BCUT2D eigenvalue weighted by Gasteiger charge is 2.09. The number of anilines is 1. The summed E-state index contributed by atoms with van der Waals surface area (Å²) in [5, 5.41) is 4.68. The normalized spacial score (nSPS) is 12.5. The number of pyridine rings is 1. The minimum atomic E-state index is 0.277. The topological polar surface area (TPSA) is 60.2 Å². The van der Waals surface area contributed by atoms with Crippen LogP contribution in [-0.4, -0.2) is 31.3 Å². The molecule has 0 saturated heterocycles. The maximum absolute atomic E-state index is 5.58. The number of nitrogens with two attached hydrogens (primary N) is 1. The van der Waals surface area contributed by atoms with Gasteiger partial charge in [0.2, 0.25) is 0 Å². The van der Waals surface area contributed by atoms with Crippen molar-refractivity contribution in [3.05, 3.63) is 36.5 Å². The number of hydrogen-bond acceptors (Lipinski definition) is 4. The summed E-state index contributed by atoms with van der Waals surface area (Å²) >= 11 is 0. The van der Waals surface area contributed by atoms with Crippen molar-refractivity contribution in [2.24, 2.45) is 5.73 Å². The molecule has 0 spiro atoms. The molecule has 1 unspecified atom stereocenters. The average molecular weight is 259 g/mol. The average Bonchev–Trinajstić information content (AvgIpc) is 2.45. The van der Waals surface area contributed by atoms with Gasteiger partial charge in [-0.2, -0.15) is 0 Å². The van der Waals surface area contributed by atoms with Crippen LogP contribution in [0, 0.1) is 0 Å². The highest BCUT2D eigenvalue weighted by Crippen LogP contribution is 2.22. The van der Waals surface area contributed by atoms with Crippen LogP contribution in [0.3, 0.4) is 0 Å². The molecule has 19 heavy (non-hydrogen) atoms. The van der Waals surface area contributed by atoms with Gasteiger partial charge in [0.25, 0.3) is 0 Å². The predicted molar refractivity (Wildman–Crippen MR) is 79.3 cm³/mol. The first-order valence-electron chi connectivity index (χ1n) is 6.64. The summed E-state index contributed by atoms with van der Waals surface area (Å²) in [6, 6.07) is 10.4. The summed E-state index contributed by atoms with van der Waals surface area (Å²) in [7, 11) is 1.72. The van der Waals surface area contributed by atoms with Crippen LogP contribution in [0.1, 0.15) is 12.8 Å². The summed E-state index contributed by atoms with van der Waals surface area (Å²) in [6.07, 6.45) is 3.80. The summed E-state index contributed by atoms with van der Waals surface area (Å²) < 4.78 is 5.27. The third kappa shape index (κ3) is 3.66. The van der Waals surface area contributed by atoms with Crippen LogP contribution in [0.5, 0.6) is 0 Å². The van der Waals surface area contributed by atoms with Gasteiger partial charge in [0.05, 0.1) is 12.1 Å². The molecule has 0 aliphatic carbocycles. The van der Waals surface area contributed by atoms with E-state index in [0.717, 1.165) is 29.4 Å². The van der Waals surface area contributed by atoms with Crippen molar-refractivity contribution in [1.29, 1.82) is 0 Å². The molecule has 1 atom stereocenters. The molecule has 4 heteroatoms. The molecule has 0 aliphatic rings. The lowest BCUT2D eigenvalue weighted by Gasteiger charge is -2.20. The molecule has 0 saturated carbocycles. The zero-order valence-corrected chi connectivity index (χ0v) is 11.3. The molecule has 0 fully saturated rings. The van der Waals surface area contributed by atoms with Gasteiger partial charge >= 0.3 is 0 Å². The van der Waals surface area contributed by atoms with Crippen molar-refractivity contribution < 1.29 is 4.74 Å². The highest BCUT2D eigenvalue weighted by atomic mass is 16.5. The molecule has 1 aromatic heterocycles. The van der Waals surface area contributed by atoms with Crippen LogP contribution in [0.15, 0.2) is 36.5 Å². The number of rotatable bonds is 7. The van der Waals surface area contributed by atoms with Crippen LogP contribution in [-0.2, 0) is 4.74 Å². The molecule has 0 radical (unpaired) electrons.